The maximum Gasteiger partial charge on any atom is 0.286 e. The van der Waals surface area contributed by atoms with Crippen molar-refractivity contribution in [2.45, 2.75) is 0 Å². The molecule has 1 aromatic rings. The Morgan fingerprint density at radius 3 is 2.87 bits per heavy atom. The van der Waals surface area contributed by atoms with Crippen LogP contribution in [0, 0.1) is 21.6 Å². The van der Waals surface area contributed by atoms with Crippen molar-refractivity contribution in [1.29, 1.82) is 5.26 Å². The maximum absolute atomic E-state index is 11.1. The summed E-state index contributed by atoms with van der Waals surface area (Å²) < 4.78 is 0. The first kappa shape index (κ1) is 10.4. The lowest BCUT2D eigenvalue weighted by Crippen LogP contribution is -2.26. The van der Waals surface area contributed by atoms with Crippen molar-refractivity contribution in [1.82, 2.24) is 10.3 Å². The molecule has 0 saturated carbocycles. The first-order valence-corrected chi connectivity index (χ1v) is 3.63. The summed E-state index contributed by atoms with van der Waals surface area (Å²) in [7, 11) is 0. The topological polar surface area (TPSA) is 129 Å². The molecule has 0 fully saturated rings. The quantitative estimate of drug-likeness (QED) is 0.292. The number of carbonyl (C=O) groups excluding carboxylic acids is 1. The van der Waals surface area contributed by atoms with Crippen LogP contribution < -0.4 is 10.9 Å². The summed E-state index contributed by atoms with van der Waals surface area (Å²) in [6, 6.07) is 0.797. The van der Waals surface area contributed by atoms with Crippen LogP contribution >= 0.6 is 0 Å². The van der Waals surface area contributed by atoms with Crippen LogP contribution in [0.5, 0.6) is 0 Å². The van der Waals surface area contributed by atoms with Crippen molar-refractivity contribution in [2.24, 2.45) is 0 Å². The van der Waals surface area contributed by atoms with E-state index in [2.05, 4.69) is 0 Å². The molecule has 1 amide bonds. The normalized spacial score (nSPS) is 9.00. The smallest absolute Gasteiger partial charge is 0.286 e. The van der Waals surface area contributed by atoms with E-state index in [0.29, 0.717) is 0 Å². The van der Waals surface area contributed by atoms with Gasteiger partial charge in [0.25, 0.3) is 17.2 Å². The van der Waals surface area contributed by atoms with Gasteiger partial charge in [-0.1, -0.05) is 0 Å². The molecule has 15 heavy (non-hydrogen) atoms. The molecule has 2 N–H and O–H groups in total. The monoisotopic (exact) mass is 208 g/mol. The Labute approximate surface area is 82.3 Å². The van der Waals surface area contributed by atoms with E-state index in [-0.39, 0.29) is 0 Å². The molecule has 8 heteroatoms. The summed E-state index contributed by atoms with van der Waals surface area (Å²) in [5, 5.41) is 20.2. The number of nitrogens with one attached hydrogen (secondary N) is 2. The van der Waals surface area contributed by atoms with Gasteiger partial charge >= 0.3 is 0 Å². The van der Waals surface area contributed by atoms with Gasteiger partial charge in [-0.15, -0.1) is 0 Å². The fourth-order valence-electron chi connectivity index (χ4n) is 0.865. The number of H-pyrrole nitrogens is 1. The summed E-state index contributed by atoms with van der Waals surface area (Å²) in [5.41, 5.74) is -1.71. The van der Waals surface area contributed by atoms with E-state index in [4.69, 9.17) is 5.26 Å². The molecule has 76 valence electrons. The van der Waals surface area contributed by atoms with Crippen molar-refractivity contribution in [3.8, 4) is 6.19 Å². The molecule has 1 rings (SSSR count). The number of nitriles is 1. The van der Waals surface area contributed by atoms with Crippen molar-refractivity contribution < 1.29 is 9.72 Å². The fraction of sp³-hybridized carbons (Fsp3) is 0. The number of aromatic amines is 1. The molecule has 0 bridgehead atoms. The molecule has 8 nitrogen and oxygen atoms in total. The van der Waals surface area contributed by atoms with Crippen LogP contribution in [0.2, 0.25) is 0 Å². The Morgan fingerprint density at radius 1 is 1.67 bits per heavy atom. The largest absolute Gasteiger partial charge is 0.322 e. The van der Waals surface area contributed by atoms with E-state index in [1.807, 2.05) is 4.98 Å². The van der Waals surface area contributed by atoms with Gasteiger partial charge < -0.3 is 4.98 Å². The fourth-order valence-corrected chi connectivity index (χ4v) is 0.865. The number of amides is 1. The van der Waals surface area contributed by atoms with Crippen molar-refractivity contribution in [2.75, 3.05) is 0 Å². The second-order valence-corrected chi connectivity index (χ2v) is 2.42. The Kier molecular flexibility index (Phi) is 2.78. The molecule has 0 atom stereocenters. The zero-order chi connectivity index (χ0) is 11.4. The van der Waals surface area contributed by atoms with Crippen LogP contribution in [0.4, 0.5) is 5.69 Å². The van der Waals surface area contributed by atoms with Gasteiger partial charge in [-0.25, -0.2) is 0 Å². The van der Waals surface area contributed by atoms with Crippen LogP contribution in [-0.4, -0.2) is 15.8 Å². The summed E-state index contributed by atoms with van der Waals surface area (Å²) in [6.07, 6.45) is 2.19. The molecule has 0 aliphatic carbocycles. The Bertz CT molecular complexity index is 512. The second-order valence-electron chi connectivity index (χ2n) is 2.42. The highest BCUT2D eigenvalue weighted by Crippen LogP contribution is 2.07. The number of aromatic nitrogens is 1. The average Bonchev–Trinajstić information content (AvgIpc) is 2.18. The van der Waals surface area contributed by atoms with Gasteiger partial charge in [0.05, 0.1) is 11.1 Å². The SMILES string of the molecule is N#CNC(=O)c1cc([N+](=O)[O-])c[nH]c1=O. The number of rotatable bonds is 2. The molecule has 0 aromatic carbocycles. The minimum absolute atomic E-state index is 0.433. The van der Waals surface area contributed by atoms with Gasteiger partial charge in [0.15, 0.2) is 6.19 Å². The molecular formula is C7H4N4O4. The van der Waals surface area contributed by atoms with E-state index in [1.54, 1.807) is 5.32 Å². The lowest BCUT2D eigenvalue weighted by atomic mass is 10.2. The first-order valence-electron chi connectivity index (χ1n) is 3.63. The van der Waals surface area contributed by atoms with Gasteiger partial charge in [0.1, 0.15) is 5.56 Å². The highest BCUT2D eigenvalue weighted by atomic mass is 16.6. The minimum Gasteiger partial charge on any atom is -0.322 e. The molecule has 1 heterocycles. The molecule has 0 aliphatic rings. The third kappa shape index (κ3) is 2.16. The third-order valence-electron chi connectivity index (χ3n) is 1.51. The van der Waals surface area contributed by atoms with Gasteiger partial charge in [-0.2, -0.15) is 5.26 Å². The minimum atomic E-state index is -0.984. The van der Waals surface area contributed by atoms with Crippen LogP contribution in [0.25, 0.3) is 0 Å². The molecule has 0 spiro atoms. The molecule has 1 aromatic heterocycles. The van der Waals surface area contributed by atoms with Gasteiger partial charge in [-0.05, 0) is 0 Å². The zero-order valence-corrected chi connectivity index (χ0v) is 7.18. The van der Waals surface area contributed by atoms with E-state index in [1.165, 1.54) is 6.19 Å². The Balaban J connectivity index is 3.24. The second kappa shape index (κ2) is 4.01. The Morgan fingerprint density at radius 2 is 2.33 bits per heavy atom. The molecular weight excluding hydrogens is 204 g/mol. The lowest BCUT2D eigenvalue weighted by molar-refractivity contribution is -0.385. The van der Waals surface area contributed by atoms with Crippen LogP contribution in [-0.2, 0) is 0 Å². The van der Waals surface area contributed by atoms with E-state index < -0.39 is 27.6 Å². The van der Waals surface area contributed by atoms with Gasteiger partial charge in [0, 0.05) is 6.07 Å². The number of carbonyl (C=O) groups is 1. The number of hydrogen-bond donors (Lipinski definition) is 2. The highest BCUT2D eigenvalue weighted by molar-refractivity contribution is 5.95. The summed E-state index contributed by atoms with van der Waals surface area (Å²) in [4.78, 5) is 33.7. The molecule has 0 unspecified atom stereocenters. The lowest BCUT2D eigenvalue weighted by Gasteiger charge is -1.96. The van der Waals surface area contributed by atoms with Crippen molar-refractivity contribution in [3.63, 3.8) is 0 Å². The van der Waals surface area contributed by atoms with Crippen LogP contribution in [0.1, 0.15) is 10.4 Å². The van der Waals surface area contributed by atoms with E-state index in [0.717, 1.165) is 12.3 Å². The number of nitrogens with zero attached hydrogens (tertiary/aromatic N) is 2. The standard InChI is InChI=1S/C7H4N4O4/c8-3-10-7(13)5-1-4(11(14)15)2-9-6(5)12/h1-2H,(H,9,12)(H,10,13). The van der Waals surface area contributed by atoms with E-state index in [9.17, 15) is 19.7 Å². The first-order chi connectivity index (χ1) is 7.06. The molecule has 0 saturated heterocycles. The number of nitro groups is 1. The third-order valence-corrected chi connectivity index (χ3v) is 1.51. The van der Waals surface area contributed by atoms with Crippen molar-refractivity contribution in [3.05, 3.63) is 38.3 Å². The van der Waals surface area contributed by atoms with Crippen molar-refractivity contribution >= 4 is 11.6 Å². The highest BCUT2D eigenvalue weighted by Gasteiger charge is 2.15. The number of pyridine rings is 1. The zero-order valence-electron chi connectivity index (χ0n) is 7.18. The van der Waals surface area contributed by atoms with Gasteiger partial charge in [0.2, 0.25) is 0 Å². The number of hydrogen-bond acceptors (Lipinski definition) is 5. The summed E-state index contributed by atoms with van der Waals surface area (Å²) in [5.74, 6) is -0.984. The van der Waals surface area contributed by atoms with Gasteiger partial charge in [-0.3, -0.25) is 25.0 Å². The predicted octanol–water partition coefficient (Wildman–Crippen LogP) is -0.506. The summed E-state index contributed by atoms with van der Waals surface area (Å²) in [6.45, 7) is 0. The average molecular weight is 208 g/mol. The van der Waals surface area contributed by atoms with E-state index >= 15 is 0 Å². The molecule has 0 radical (unpaired) electrons. The van der Waals surface area contributed by atoms with Crippen LogP contribution in [0.15, 0.2) is 17.1 Å². The summed E-state index contributed by atoms with van der Waals surface area (Å²) >= 11 is 0. The molecule has 0 aliphatic heterocycles. The maximum atomic E-state index is 11.1. The Hall–Kier alpha value is -2.69. The predicted molar refractivity (Wildman–Crippen MR) is 46.8 cm³/mol. The van der Waals surface area contributed by atoms with Crippen LogP contribution in [0.3, 0.4) is 0 Å².